The number of methoxy groups -OCH3 is 1. The number of nitriles is 1. The fraction of sp³-hybridized carbons (Fsp3) is 0.310. The minimum absolute atomic E-state index is 0.553. The van der Waals surface area contributed by atoms with Crippen molar-refractivity contribution < 1.29 is 9.53 Å². The highest BCUT2D eigenvalue weighted by molar-refractivity contribution is 5.89. The second kappa shape index (κ2) is 12.9. The zero-order chi connectivity index (χ0) is 27.8. The van der Waals surface area contributed by atoms with Crippen LogP contribution in [-0.4, -0.2) is 63.8 Å². The van der Waals surface area contributed by atoms with Crippen molar-refractivity contribution in [3.8, 4) is 23.0 Å². The highest BCUT2D eigenvalue weighted by atomic mass is 16.5. The van der Waals surface area contributed by atoms with E-state index in [0.29, 0.717) is 11.7 Å². The molecule has 5 rings (SSSR count). The summed E-state index contributed by atoms with van der Waals surface area (Å²) >= 11 is 0. The number of urea groups is 1. The van der Waals surface area contributed by atoms with Crippen molar-refractivity contribution in [3.63, 3.8) is 0 Å². The molecule has 0 bridgehead atoms. The first-order chi connectivity index (χ1) is 18.9. The maximum atomic E-state index is 11.3. The molecule has 3 heterocycles. The van der Waals surface area contributed by atoms with Gasteiger partial charge in [-0.2, -0.15) is 15.5 Å². The van der Waals surface area contributed by atoms with E-state index < -0.39 is 6.03 Å². The third-order valence-corrected chi connectivity index (χ3v) is 6.71. The van der Waals surface area contributed by atoms with E-state index in [2.05, 4.69) is 32.5 Å². The molecule has 2 aromatic heterocycles. The van der Waals surface area contributed by atoms with Crippen LogP contribution >= 0.6 is 0 Å². The molecule has 2 amide bonds. The van der Waals surface area contributed by atoms with Gasteiger partial charge < -0.3 is 15.4 Å². The van der Waals surface area contributed by atoms with E-state index in [1.165, 1.54) is 12.0 Å². The van der Waals surface area contributed by atoms with Crippen molar-refractivity contribution in [1.82, 2.24) is 24.5 Å². The lowest BCUT2D eigenvalue weighted by Gasteiger charge is -2.15. The number of carbonyl (C=O) groups is 1. The van der Waals surface area contributed by atoms with Crippen molar-refractivity contribution in [2.75, 3.05) is 38.7 Å². The van der Waals surface area contributed by atoms with Crippen molar-refractivity contribution in [3.05, 3.63) is 83.7 Å². The maximum Gasteiger partial charge on any atom is 0.317 e. The summed E-state index contributed by atoms with van der Waals surface area (Å²) in [4.78, 5) is 13.7. The van der Waals surface area contributed by atoms with Crippen LogP contribution in [0.3, 0.4) is 0 Å². The predicted octanol–water partition coefficient (Wildman–Crippen LogP) is 4.07. The Morgan fingerprint density at radius 1 is 1.23 bits per heavy atom. The van der Waals surface area contributed by atoms with Gasteiger partial charge in [0.15, 0.2) is 0 Å². The highest BCUT2D eigenvalue weighted by Crippen LogP contribution is 2.30. The van der Waals surface area contributed by atoms with Gasteiger partial charge in [-0.05, 0) is 55.6 Å². The van der Waals surface area contributed by atoms with Crippen molar-refractivity contribution >= 4 is 11.8 Å². The number of benzene rings is 2. The van der Waals surface area contributed by atoms with E-state index in [0.717, 1.165) is 54.3 Å². The molecule has 1 fully saturated rings. The SMILES string of the molecule is COCCN1CCC(c2cccc(C#N)c2)C1.Cc1c(-c2cnn(C)c2)nn(-c2ccccc2)c1NC(N)=O. The standard InChI is InChI=1S/C15H16N6O.C14H18N2O/c1-10-13(11-8-17-20(2)9-11)19-21(14(10)18-15(16)22)12-6-4-3-5-7-12;1-17-8-7-16-6-5-14(11-16)13-4-2-3-12(9-13)10-15/h3-9H,1-2H3,(H3,16,18,22);2-4,9,14H,5-8,11H2,1H3. The van der Waals surface area contributed by atoms with Gasteiger partial charge in [-0.25, -0.2) is 9.48 Å². The lowest BCUT2D eigenvalue weighted by Crippen LogP contribution is -2.24. The number of para-hydroxylation sites is 1. The van der Waals surface area contributed by atoms with E-state index in [9.17, 15) is 4.79 Å². The molecule has 202 valence electrons. The second-order valence-corrected chi connectivity index (χ2v) is 9.48. The van der Waals surface area contributed by atoms with E-state index in [-0.39, 0.29) is 0 Å². The van der Waals surface area contributed by atoms with Crippen LogP contribution in [0, 0.1) is 18.3 Å². The number of hydrogen-bond donors (Lipinski definition) is 2. The number of nitrogens with zero attached hydrogens (tertiary/aromatic N) is 6. The Balaban J connectivity index is 0.000000187. The molecular formula is C29H34N8O2. The molecule has 10 nitrogen and oxygen atoms in total. The zero-order valence-corrected chi connectivity index (χ0v) is 22.5. The molecule has 0 radical (unpaired) electrons. The zero-order valence-electron chi connectivity index (χ0n) is 22.5. The summed E-state index contributed by atoms with van der Waals surface area (Å²) < 4.78 is 8.47. The van der Waals surface area contributed by atoms with Crippen molar-refractivity contribution in [2.45, 2.75) is 19.3 Å². The van der Waals surface area contributed by atoms with Crippen LogP contribution in [0.4, 0.5) is 10.6 Å². The summed E-state index contributed by atoms with van der Waals surface area (Å²) in [6, 6.07) is 19.1. The summed E-state index contributed by atoms with van der Waals surface area (Å²) in [5.74, 6) is 1.12. The van der Waals surface area contributed by atoms with Crippen molar-refractivity contribution in [1.29, 1.82) is 5.26 Å². The number of aromatic nitrogens is 4. The highest BCUT2D eigenvalue weighted by Gasteiger charge is 2.23. The first kappa shape index (κ1) is 27.6. The number of likely N-dealkylation sites (tertiary alicyclic amines) is 1. The van der Waals surface area contributed by atoms with E-state index in [1.54, 1.807) is 22.7 Å². The third kappa shape index (κ3) is 6.90. The molecule has 3 N–H and O–H groups in total. The Kier molecular flexibility index (Phi) is 9.10. The van der Waals surface area contributed by atoms with Gasteiger partial charge in [0, 0.05) is 44.6 Å². The summed E-state index contributed by atoms with van der Waals surface area (Å²) in [5, 5.41) is 20.3. The number of aryl methyl sites for hydroxylation is 1. The topological polar surface area (TPSA) is 127 Å². The molecule has 10 heteroatoms. The fourth-order valence-electron chi connectivity index (χ4n) is 4.72. The average molecular weight is 527 g/mol. The van der Waals surface area contributed by atoms with E-state index >= 15 is 0 Å². The first-order valence-corrected chi connectivity index (χ1v) is 12.8. The summed E-state index contributed by atoms with van der Waals surface area (Å²) in [7, 11) is 3.58. The number of ether oxygens (including phenoxy) is 1. The minimum atomic E-state index is -0.627. The number of nitrogens with one attached hydrogen (secondary N) is 1. The predicted molar refractivity (Wildman–Crippen MR) is 151 cm³/mol. The lowest BCUT2D eigenvalue weighted by molar-refractivity contribution is 0.160. The van der Waals surface area contributed by atoms with Crippen LogP contribution in [0.25, 0.3) is 16.9 Å². The van der Waals surface area contributed by atoms with Crippen LogP contribution in [-0.2, 0) is 11.8 Å². The number of rotatable bonds is 7. The van der Waals surface area contributed by atoms with Gasteiger partial charge in [0.25, 0.3) is 0 Å². The van der Waals surface area contributed by atoms with Gasteiger partial charge in [0.1, 0.15) is 11.5 Å². The number of amides is 2. The Morgan fingerprint density at radius 2 is 2.03 bits per heavy atom. The first-order valence-electron chi connectivity index (χ1n) is 12.8. The molecule has 1 saturated heterocycles. The average Bonchev–Trinajstić information content (AvgIpc) is 3.68. The number of nitrogens with two attached hydrogens (primary N) is 1. The Morgan fingerprint density at radius 3 is 2.69 bits per heavy atom. The monoisotopic (exact) mass is 526 g/mol. The summed E-state index contributed by atoms with van der Waals surface area (Å²) in [6.45, 7) is 5.90. The number of anilines is 1. The van der Waals surface area contributed by atoms with Crippen molar-refractivity contribution in [2.24, 2.45) is 12.8 Å². The Hall–Kier alpha value is -4.46. The maximum absolute atomic E-state index is 11.3. The van der Waals surface area contributed by atoms with Gasteiger partial charge in [-0.1, -0.05) is 30.3 Å². The molecule has 1 unspecified atom stereocenters. The normalized spacial score (nSPS) is 14.9. The molecule has 0 aliphatic carbocycles. The largest absolute Gasteiger partial charge is 0.383 e. The number of primary amides is 1. The van der Waals surface area contributed by atoms with E-state index in [1.807, 2.05) is 68.7 Å². The minimum Gasteiger partial charge on any atom is -0.383 e. The van der Waals surface area contributed by atoms with Gasteiger partial charge in [0.2, 0.25) is 0 Å². The van der Waals surface area contributed by atoms with Gasteiger partial charge in [0.05, 0.1) is 30.1 Å². The number of hydrogen-bond acceptors (Lipinski definition) is 6. The van der Waals surface area contributed by atoms with Crippen LogP contribution < -0.4 is 11.1 Å². The van der Waals surface area contributed by atoms with Crippen LogP contribution in [0.2, 0.25) is 0 Å². The molecule has 0 saturated carbocycles. The molecule has 0 spiro atoms. The molecule has 2 aromatic carbocycles. The smallest absolute Gasteiger partial charge is 0.317 e. The molecule has 39 heavy (non-hydrogen) atoms. The van der Waals surface area contributed by atoms with Crippen LogP contribution in [0.15, 0.2) is 67.0 Å². The summed E-state index contributed by atoms with van der Waals surface area (Å²) in [6.07, 6.45) is 4.79. The molecule has 1 aliphatic heterocycles. The fourth-order valence-corrected chi connectivity index (χ4v) is 4.72. The Bertz CT molecular complexity index is 1440. The number of carbonyl (C=O) groups excluding carboxylic acids is 1. The van der Waals surface area contributed by atoms with E-state index in [4.69, 9.17) is 15.7 Å². The van der Waals surface area contributed by atoms with Crippen LogP contribution in [0.1, 0.15) is 29.0 Å². The van der Waals surface area contributed by atoms with Crippen LogP contribution in [0.5, 0.6) is 0 Å². The quantitative estimate of drug-likeness (QED) is 0.374. The molecule has 1 aliphatic rings. The Labute approximate surface area is 228 Å². The second-order valence-electron chi connectivity index (χ2n) is 9.48. The lowest BCUT2D eigenvalue weighted by atomic mass is 9.97. The molecule has 4 aromatic rings. The third-order valence-electron chi connectivity index (χ3n) is 6.71. The van der Waals surface area contributed by atoms with Gasteiger partial charge >= 0.3 is 6.03 Å². The summed E-state index contributed by atoms with van der Waals surface area (Å²) in [5.41, 5.74) is 10.6. The molecule has 1 atom stereocenters. The van der Waals surface area contributed by atoms with Gasteiger partial charge in [-0.15, -0.1) is 0 Å². The van der Waals surface area contributed by atoms with Gasteiger partial charge in [-0.3, -0.25) is 10.00 Å². The molecular weight excluding hydrogens is 492 g/mol.